The van der Waals surface area contributed by atoms with E-state index in [-0.39, 0.29) is 17.9 Å². The van der Waals surface area contributed by atoms with E-state index in [0.717, 1.165) is 23.6 Å². The highest BCUT2D eigenvalue weighted by molar-refractivity contribution is 6.01. The molecule has 0 radical (unpaired) electrons. The van der Waals surface area contributed by atoms with Crippen LogP contribution in [0.4, 0.5) is 5.82 Å². The van der Waals surface area contributed by atoms with Crippen LogP contribution in [-0.4, -0.2) is 34.0 Å². The minimum Gasteiger partial charge on any atom is -0.490 e. The highest BCUT2D eigenvalue weighted by atomic mass is 16.5. The molecule has 3 aromatic heterocycles. The topological polar surface area (TPSA) is 140 Å². The average Bonchev–Trinajstić information content (AvgIpc) is 3.54. The number of aromatic nitrogens is 3. The van der Waals surface area contributed by atoms with Crippen LogP contribution in [0.2, 0.25) is 0 Å². The Hall–Kier alpha value is -4.19. The Morgan fingerprint density at radius 2 is 2.06 bits per heavy atom. The lowest BCUT2D eigenvalue weighted by molar-refractivity contribution is -0.120. The molecule has 0 atom stereocenters. The third-order valence-electron chi connectivity index (χ3n) is 6.89. The minimum absolute atomic E-state index is 0.0571. The Bertz CT molecular complexity index is 1490. The van der Waals surface area contributed by atoms with Crippen molar-refractivity contribution in [2.45, 2.75) is 37.2 Å². The highest BCUT2D eigenvalue weighted by Crippen LogP contribution is 2.48. The first kappa shape index (κ1) is 20.4. The average molecular weight is 454 g/mol. The lowest BCUT2D eigenvalue weighted by Gasteiger charge is -2.30. The zero-order valence-electron chi connectivity index (χ0n) is 18.5. The molecule has 0 bridgehead atoms. The standard InChI is InChI=1S/C25H22N6O3/c1-28-22-17-11-29-21(25(4-5-25)24(27)32)9-16(17)18(12-30-22)23-31-19-8-14(2-3-20(19)34-23)33-15-6-13(7-15)10-26/h2-3,8-9,11-13,15H,4-7H2,1H3,(H2,27,32)(H,28,30). The molecule has 0 unspecified atom stereocenters. The number of nitrogens with two attached hydrogens (primary N) is 1. The highest BCUT2D eigenvalue weighted by Gasteiger charge is 2.51. The van der Waals surface area contributed by atoms with Crippen molar-refractivity contribution in [3.05, 3.63) is 42.4 Å². The van der Waals surface area contributed by atoms with E-state index in [1.54, 1.807) is 19.4 Å². The second-order valence-corrected chi connectivity index (χ2v) is 9.02. The maximum Gasteiger partial charge on any atom is 0.229 e. The summed E-state index contributed by atoms with van der Waals surface area (Å²) >= 11 is 0. The Morgan fingerprint density at radius 3 is 2.76 bits per heavy atom. The van der Waals surface area contributed by atoms with Crippen LogP contribution < -0.4 is 15.8 Å². The number of nitrogens with one attached hydrogen (secondary N) is 1. The number of oxazole rings is 1. The molecule has 1 amide bonds. The molecule has 170 valence electrons. The molecule has 3 heterocycles. The molecule has 2 saturated carbocycles. The molecule has 2 aliphatic rings. The number of nitriles is 1. The molecular weight excluding hydrogens is 432 g/mol. The summed E-state index contributed by atoms with van der Waals surface area (Å²) in [6, 6.07) is 9.69. The Balaban J connectivity index is 1.41. The van der Waals surface area contributed by atoms with Crippen LogP contribution in [0.5, 0.6) is 5.75 Å². The van der Waals surface area contributed by atoms with Crippen LogP contribution >= 0.6 is 0 Å². The smallest absolute Gasteiger partial charge is 0.229 e. The van der Waals surface area contributed by atoms with Gasteiger partial charge in [-0.25, -0.2) is 9.97 Å². The summed E-state index contributed by atoms with van der Waals surface area (Å²) in [4.78, 5) is 25.8. The number of ether oxygens (including phenoxy) is 1. The number of primary amides is 1. The molecule has 34 heavy (non-hydrogen) atoms. The zero-order chi connectivity index (χ0) is 23.4. The third kappa shape index (κ3) is 3.14. The van der Waals surface area contributed by atoms with Gasteiger partial charge in [0.25, 0.3) is 0 Å². The Morgan fingerprint density at radius 1 is 1.24 bits per heavy atom. The molecular formula is C25H22N6O3. The number of anilines is 1. The third-order valence-corrected chi connectivity index (χ3v) is 6.89. The number of carbonyl (C=O) groups is 1. The van der Waals surface area contributed by atoms with Gasteiger partial charge in [0.1, 0.15) is 23.2 Å². The molecule has 0 aliphatic heterocycles. The van der Waals surface area contributed by atoms with Crippen molar-refractivity contribution < 1.29 is 13.9 Å². The van der Waals surface area contributed by atoms with Crippen molar-refractivity contribution in [1.29, 1.82) is 5.26 Å². The molecule has 9 heteroatoms. The van der Waals surface area contributed by atoms with E-state index < -0.39 is 5.41 Å². The number of hydrogen-bond acceptors (Lipinski definition) is 8. The van der Waals surface area contributed by atoms with E-state index in [0.29, 0.717) is 52.7 Å². The van der Waals surface area contributed by atoms with Gasteiger partial charge in [0.05, 0.1) is 28.7 Å². The molecule has 4 aromatic rings. The summed E-state index contributed by atoms with van der Waals surface area (Å²) in [5.74, 6) is 1.51. The number of nitrogens with zero attached hydrogens (tertiary/aromatic N) is 4. The number of rotatable bonds is 6. The molecule has 0 spiro atoms. The van der Waals surface area contributed by atoms with Gasteiger partial charge in [-0.1, -0.05) is 0 Å². The van der Waals surface area contributed by atoms with Gasteiger partial charge in [-0.05, 0) is 31.0 Å². The van der Waals surface area contributed by atoms with Crippen LogP contribution in [-0.2, 0) is 10.2 Å². The summed E-state index contributed by atoms with van der Waals surface area (Å²) < 4.78 is 12.1. The summed E-state index contributed by atoms with van der Waals surface area (Å²) in [5.41, 5.74) is 7.63. The molecule has 1 aromatic carbocycles. The maximum absolute atomic E-state index is 12.1. The van der Waals surface area contributed by atoms with Gasteiger partial charge in [-0.15, -0.1) is 0 Å². The number of hydrogen-bond donors (Lipinski definition) is 2. The van der Waals surface area contributed by atoms with Gasteiger partial charge < -0.3 is 20.2 Å². The van der Waals surface area contributed by atoms with E-state index in [1.807, 2.05) is 24.3 Å². The second-order valence-electron chi connectivity index (χ2n) is 9.02. The van der Waals surface area contributed by atoms with Crippen LogP contribution in [0.1, 0.15) is 31.4 Å². The minimum atomic E-state index is -0.700. The molecule has 3 N–H and O–H groups in total. The van der Waals surface area contributed by atoms with Crippen LogP contribution in [0.25, 0.3) is 33.3 Å². The number of pyridine rings is 2. The predicted octanol–water partition coefficient (Wildman–Crippen LogP) is 3.68. The zero-order valence-corrected chi connectivity index (χ0v) is 18.5. The lowest BCUT2D eigenvalue weighted by Crippen LogP contribution is -2.32. The summed E-state index contributed by atoms with van der Waals surface area (Å²) in [5, 5.41) is 13.7. The van der Waals surface area contributed by atoms with Crippen LogP contribution in [0.15, 0.2) is 41.1 Å². The second kappa shape index (κ2) is 7.42. The monoisotopic (exact) mass is 454 g/mol. The van der Waals surface area contributed by atoms with Crippen molar-refractivity contribution in [2.75, 3.05) is 12.4 Å². The maximum atomic E-state index is 12.1. The van der Waals surface area contributed by atoms with E-state index >= 15 is 0 Å². The van der Waals surface area contributed by atoms with Gasteiger partial charge in [-0.2, -0.15) is 5.26 Å². The fourth-order valence-electron chi connectivity index (χ4n) is 4.58. The first-order chi connectivity index (χ1) is 16.5. The van der Waals surface area contributed by atoms with Crippen LogP contribution in [0, 0.1) is 17.2 Å². The van der Waals surface area contributed by atoms with Gasteiger partial charge >= 0.3 is 0 Å². The van der Waals surface area contributed by atoms with Crippen molar-refractivity contribution in [1.82, 2.24) is 15.0 Å². The van der Waals surface area contributed by atoms with E-state index in [9.17, 15) is 4.79 Å². The van der Waals surface area contributed by atoms with Gasteiger partial charge in [-0.3, -0.25) is 9.78 Å². The quantitative estimate of drug-likeness (QED) is 0.450. The first-order valence-corrected chi connectivity index (χ1v) is 11.2. The van der Waals surface area contributed by atoms with Crippen LogP contribution in [0.3, 0.4) is 0 Å². The molecule has 0 saturated heterocycles. The van der Waals surface area contributed by atoms with Crippen molar-refractivity contribution in [3.63, 3.8) is 0 Å². The fourth-order valence-corrected chi connectivity index (χ4v) is 4.58. The van der Waals surface area contributed by atoms with Crippen molar-refractivity contribution in [3.8, 4) is 23.3 Å². The number of carbonyl (C=O) groups excluding carboxylic acids is 1. The predicted molar refractivity (Wildman–Crippen MR) is 125 cm³/mol. The van der Waals surface area contributed by atoms with Crippen molar-refractivity contribution >= 4 is 33.6 Å². The first-order valence-electron chi connectivity index (χ1n) is 11.2. The largest absolute Gasteiger partial charge is 0.490 e. The molecule has 2 aliphatic carbocycles. The lowest BCUT2D eigenvalue weighted by atomic mass is 9.83. The molecule has 2 fully saturated rings. The number of benzene rings is 1. The van der Waals surface area contributed by atoms with Gasteiger partial charge in [0.2, 0.25) is 11.8 Å². The number of fused-ring (bicyclic) bond motifs is 2. The van der Waals surface area contributed by atoms with E-state index in [4.69, 9.17) is 25.1 Å². The molecule has 9 nitrogen and oxygen atoms in total. The number of amides is 1. The summed E-state index contributed by atoms with van der Waals surface area (Å²) in [7, 11) is 1.79. The Labute approximate surface area is 195 Å². The van der Waals surface area contributed by atoms with Gasteiger partial charge in [0, 0.05) is 49.1 Å². The Kier molecular flexibility index (Phi) is 4.45. The SMILES string of the molecule is CNc1ncc(-c2nc3cc(OC4CC(C#N)C4)ccc3o2)c2cc(C3(C(N)=O)CC3)ncc12. The van der Waals surface area contributed by atoms with Gasteiger partial charge in [0.15, 0.2) is 5.58 Å². The summed E-state index contributed by atoms with van der Waals surface area (Å²) in [6.45, 7) is 0. The fraction of sp³-hybridized carbons (Fsp3) is 0.320. The normalized spacial score (nSPS) is 20.5. The molecule has 6 rings (SSSR count). The van der Waals surface area contributed by atoms with E-state index in [1.165, 1.54) is 0 Å². The summed E-state index contributed by atoms with van der Waals surface area (Å²) in [6.07, 6.45) is 6.37. The van der Waals surface area contributed by atoms with Crippen molar-refractivity contribution in [2.24, 2.45) is 11.7 Å². The van der Waals surface area contributed by atoms with E-state index in [2.05, 4.69) is 21.4 Å².